The molecule has 0 bridgehead atoms. The van der Waals surface area contributed by atoms with Crippen LogP contribution in [0.2, 0.25) is 0 Å². The van der Waals surface area contributed by atoms with Gasteiger partial charge in [-0.2, -0.15) is 0 Å². The fraction of sp³-hybridized carbons (Fsp3) is 0.800. The van der Waals surface area contributed by atoms with Gasteiger partial charge in [-0.05, 0) is 13.8 Å². The number of nitrogens with one attached hydrogen (secondary N) is 1. The quantitative estimate of drug-likeness (QED) is 0.600. The lowest BCUT2D eigenvalue weighted by molar-refractivity contribution is -0.175. The molecule has 2 N–H and O–H groups in total. The van der Waals surface area contributed by atoms with Crippen molar-refractivity contribution in [3.63, 3.8) is 0 Å². The third-order valence-corrected chi connectivity index (χ3v) is 3.44. The van der Waals surface area contributed by atoms with E-state index in [0.29, 0.717) is 6.54 Å². The highest BCUT2D eigenvalue weighted by Gasteiger charge is 2.52. The van der Waals surface area contributed by atoms with Crippen molar-refractivity contribution in [2.24, 2.45) is 11.8 Å². The molecular formula is C10H15NO4. The number of fused-ring (bicyclic) bond motifs is 1. The third-order valence-electron chi connectivity index (χ3n) is 3.44. The topological polar surface area (TPSA) is 75.6 Å². The second-order valence-electron chi connectivity index (χ2n) is 4.78. The Balaban J connectivity index is 2.24. The van der Waals surface area contributed by atoms with Crippen LogP contribution in [0.5, 0.6) is 0 Å². The van der Waals surface area contributed by atoms with Gasteiger partial charge >= 0.3 is 11.9 Å². The minimum Gasteiger partial charge on any atom is -0.480 e. The van der Waals surface area contributed by atoms with Crippen molar-refractivity contribution in [3.8, 4) is 0 Å². The molecule has 5 nitrogen and oxygen atoms in total. The molecule has 2 heterocycles. The van der Waals surface area contributed by atoms with Crippen LogP contribution in [-0.4, -0.2) is 35.2 Å². The summed E-state index contributed by atoms with van der Waals surface area (Å²) in [4.78, 5) is 22.3. The maximum absolute atomic E-state index is 11.3. The van der Waals surface area contributed by atoms with Crippen LogP contribution in [-0.2, 0) is 14.3 Å². The van der Waals surface area contributed by atoms with Gasteiger partial charge in [0.05, 0.1) is 6.42 Å². The monoisotopic (exact) mass is 213 g/mol. The highest BCUT2D eigenvalue weighted by atomic mass is 16.6. The molecule has 0 aromatic carbocycles. The van der Waals surface area contributed by atoms with E-state index in [9.17, 15) is 9.59 Å². The highest BCUT2D eigenvalue weighted by Crippen LogP contribution is 2.40. The Morgan fingerprint density at radius 1 is 1.60 bits per heavy atom. The molecule has 0 spiro atoms. The Labute approximate surface area is 87.8 Å². The Bertz CT molecular complexity index is 313. The number of carboxylic acids is 1. The number of hydrogen-bond donors (Lipinski definition) is 2. The summed E-state index contributed by atoms with van der Waals surface area (Å²) in [5.41, 5.74) is -0.558. The molecule has 0 amide bonds. The standard InChI is InChI=1S/C10H15NO4/c1-10(2)6-4-11-8(9(13)14)5(6)3-7(12)15-10/h5-6,8,11H,3-4H2,1-2H3,(H,13,14). The SMILES string of the molecule is CC1(C)OC(=O)CC2C(C(=O)O)NCC21. The summed E-state index contributed by atoms with van der Waals surface area (Å²) in [6.07, 6.45) is 0.206. The Hall–Kier alpha value is -1.10. The van der Waals surface area contributed by atoms with Crippen LogP contribution >= 0.6 is 0 Å². The molecule has 3 unspecified atom stereocenters. The number of ether oxygens (including phenoxy) is 1. The van der Waals surface area contributed by atoms with E-state index in [1.807, 2.05) is 13.8 Å². The van der Waals surface area contributed by atoms with Gasteiger partial charge in [0.15, 0.2) is 0 Å². The lowest BCUT2D eigenvalue weighted by Gasteiger charge is -2.39. The molecule has 2 saturated heterocycles. The van der Waals surface area contributed by atoms with E-state index >= 15 is 0 Å². The number of hydrogen-bond acceptors (Lipinski definition) is 4. The summed E-state index contributed by atoms with van der Waals surface area (Å²) in [7, 11) is 0. The van der Waals surface area contributed by atoms with Gasteiger partial charge in [-0.3, -0.25) is 9.59 Å². The average molecular weight is 213 g/mol. The number of aliphatic carboxylic acids is 1. The lowest BCUT2D eigenvalue weighted by Crippen LogP contribution is -2.48. The molecule has 2 aliphatic heterocycles. The first-order chi connectivity index (χ1) is 6.92. The van der Waals surface area contributed by atoms with Gasteiger partial charge in [0.2, 0.25) is 0 Å². The van der Waals surface area contributed by atoms with E-state index in [2.05, 4.69) is 5.32 Å². The average Bonchev–Trinajstić information content (AvgIpc) is 2.45. The van der Waals surface area contributed by atoms with Crippen molar-refractivity contribution in [3.05, 3.63) is 0 Å². The molecule has 0 saturated carbocycles. The van der Waals surface area contributed by atoms with Crippen molar-refractivity contribution >= 4 is 11.9 Å². The number of cyclic esters (lactones) is 1. The molecule has 5 heteroatoms. The van der Waals surface area contributed by atoms with Crippen molar-refractivity contribution in [2.75, 3.05) is 6.54 Å². The zero-order valence-corrected chi connectivity index (χ0v) is 8.82. The molecular weight excluding hydrogens is 198 g/mol. The highest BCUT2D eigenvalue weighted by molar-refractivity contribution is 5.78. The normalized spacial score (nSPS) is 38.3. The minimum atomic E-state index is -0.881. The molecule has 0 aliphatic carbocycles. The van der Waals surface area contributed by atoms with Crippen LogP contribution in [0.25, 0.3) is 0 Å². The van der Waals surface area contributed by atoms with Crippen LogP contribution in [0, 0.1) is 11.8 Å². The first kappa shape index (κ1) is 10.4. The minimum absolute atomic E-state index is 0.0938. The fourth-order valence-electron chi connectivity index (χ4n) is 2.68. The first-order valence-corrected chi connectivity index (χ1v) is 5.10. The van der Waals surface area contributed by atoms with Gasteiger partial charge in [-0.15, -0.1) is 0 Å². The second kappa shape index (κ2) is 3.20. The lowest BCUT2D eigenvalue weighted by atomic mass is 9.76. The largest absolute Gasteiger partial charge is 0.480 e. The maximum atomic E-state index is 11.3. The van der Waals surface area contributed by atoms with E-state index in [1.54, 1.807) is 0 Å². The predicted octanol–water partition coefficient (Wildman–Crippen LogP) is 0.000700. The van der Waals surface area contributed by atoms with Crippen LogP contribution in [0.4, 0.5) is 0 Å². The van der Waals surface area contributed by atoms with Gasteiger partial charge in [0, 0.05) is 18.4 Å². The molecule has 2 rings (SSSR count). The summed E-state index contributed by atoms with van der Waals surface area (Å²) in [5, 5.41) is 11.9. The molecule has 2 fully saturated rings. The van der Waals surface area contributed by atoms with E-state index < -0.39 is 17.6 Å². The van der Waals surface area contributed by atoms with Crippen molar-refractivity contribution in [1.82, 2.24) is 5.32 Å². The first-order valence-electron chi connectivity index (χ1n) is 5.10. The number of rotatable bonds is 1. The molecule has 3 atom stereocenters. The fourth-order valence-corrected chi connectivity index (χ4v) is 2.68. The zero-order valence-electron chi connectivity index (χ0n) is 8.82. The Kier molecular flexibility index (Phi) is 2.22. The number of esters is 1. The van der Waals surface area contributed by atoms with E-state index in [-0.39, 0.29) is 24.2 Å². The molecule has 0 aromatic heterocycles. The molecule has 0 radical (unpaired) electrons. The van der Waals surface area contributed by atoms with Gasteiger partial charge < -0.3 is 15.2 Å². The summed E-state index contributed by atoms with van der Waals surface area (Å²) >= 11 is 0. The molecule has 84 valence electrons. The van der Waals surface area contributed by atoms with Crippen molar-refractivity contribution < 1.29 is 19.4 Å². The zero-order chi connectivity index (χ0) is 11.2. The second-order valence-corrected chi connectivity index (χ2v) is 4.78. The summed E-state index contributed by atoms with van der Waals surface area (Å²) in [6.45, 7) is 4.28. The molecule has 0 aromatic rings. The maximum Gasteiger partial charge on any atom is 0.321 e. The van der Waals surface area contributed by atoms with Crippen LogP contribution in [0.15, 0.2) is 0 Å². The van der Waals surface area contributed by atoms with Crippen molar-refractivity contribution in [1.29, 1.82) is 0 Å². The van der Waals surface area contributed by atoms with E-state index in [1.165, 1.54) is 0 Å². The van der Waals surface area contributed by atoms with Crippen LogP contribution < -0.4 is 5.32 Å². The van der Waals surface area contributed by atoms with Gasteiger partial charge in [0.25, 0.3) is 0 Å². The Morgan fingerprint density at radius 2 is 2.27 bits per heavy atom. The predicted molar refractivity (Wildman–Crippen MR) is 51.2 cm³/mol. The Morgan fingerprint density at radius 3 is 2.87 bits per heavy atom. The van der Waals surface area contributed by atoms with E-state index in [0.717, 1.165) is 0 Å². The third kappa shape index (κ3) is 1.61. The summed E-state index contributed by atoms with van der Waals surface area (Å²) in [6, 6.07) is -0.609. The van der Waals surface area contributed by atoms with Gasteiger partial charge in [-0.25, -0.2) is 0 Å². The number of carboxylic acid groups (broad SMARTS) is 1. The summed E-state index contributed by atoms with van der Waals surface area (Å²) < 4.78 is 5.24. The number of carbonyl (C=O) groups is 2. The van der Waals surface area contributed by atoms with Gasteiger partial charge in [0.1, 0.15) is 11.6 Å². The smallest absolute Gasteiger partial charge is 0.321 e. The van der Waals surface area contributed by atoms with Crippen LogP contribution in [0.1, 0.15) is 20.3 Å². The van der Waals surface area contributed by atoms with E-state index in [4.69, 9.17) is 9.84 Å². The van der Waals surface area contributed by atoms with Crippen molar-refractivity contribution in [2.45, 2.75) is 31.9 Å². The van der Waals surface area contributed by atoms with Gasteiger partial charge in [-0.1, -0.05) is 0 Å². The van der Waals surface area contributed by atoms with Crippen LogP contribution in [0.3, 0.4) is 0 Å². The molecule has 2 aliphatic rings. The summed E-state index contributed by atoms with van der Waals surface area (Å²) in [5.74, 6) is -1.22. The number of carbonyl (C=O) groups excluding carboxylic acids is 1. The molecule has 15 heavy (non-hydrogen) atoms.